The van der Waals surface area contributed by atoms with Crippen LogP contribution in [-0.2, 0) is 6.54 Å². The second-order valence-electron chi connectivity index (χ2n) is 3.71. The van der Waals surface area contributed by atoms with Crippen molar-refractivity contribution in [2.24, 2.45) is 0 Å². The van der Waals surface area contributed by atoms with Crippen LogP contribution in [0.25, 0.3) is 0 Å². The van der Waals surface area contributed by atoms with Gasteiger partial charge in [-0.1, -0.05) is 36.0 Å². The van der Waals surface area contributed by atoms with Crippen LogP contribution in [0.1, 0.15) is 5.56 Å². The van der Waals surface area contributed by atoms with Crippen LogP contribution in [0.2, 0.25) is 0 Å². The Bertz CT molecular complexity index is 482. The maximum Gasteiger partial charge on any atom is 0.0314 e. The van der Waals surface area contributed by atoms with Gasteiger partial charge in [0, 0.05) is 20.8 Å². The van der Waals surface area contributed by atoms with Crippen LogP contribution in [0.3, 0.4) is 0 Å². The molecule has 0 amide bonds. The van der Waals surface area contributed by atoms with E-state index in [1.54, 1.807) is 11.8 Å². The minimum atomic E-state index is 0.917. The highest BCUT2D eigenvalue weighted by molar-refractivity contribution is 9.10. The van der Waals surface area contributed by atoms with Crippen LogP contribution in [0, 0.1) is 0 Å². The van der Waals surface area contributed by atoms with Crippen LogP contribution in [0.15, 0.2) is 62.8 Å². The fourth-order valence-corrected chi connectivity index (χ4v) is 2.90. The molecule has 0 aliphatic carbocycles. The van der Waals surface area contributed by atoms with Gasteiger partial charge in [0.15, 0.2) is 0 Å². The highest BCUT2D eigenvalue weighted by Crippen LogP contribution is 2.33. The van der Waals surface area contributed by atoms with Crippen molar-refractivity contribution < 1.29 is 0 Å². The molecule has 0 spiro atoms. The predicted octanol–water partition coefficient (Wildman–Crippen LogP) is 4.32. The van der Waals surface area contributed by atoms with E-state index < -0.39 is 0 Å². The van der Waals surface area contributed by atoms with Gasteiger partial charge in [-0.15, -0.1) is 0 Å². The first-order chi connectivity index (χ1) is 8.29. The molecule has 0 bridgehead atoms. The van der Waals surface area contributed by atoms with Crippen LogP contribution < -0.4 is 5.32 Å². The number of hydrogen-bond acceptors (Lipinski definition) is 2. The van der Waals surface area contributed by atoms with Gasteiger partial charge >= 0.3 is 0 Å². The third-order valence-corrected chi connectivity index (χ3v) is 4.41. The summed E-state index contributed by atoms with van der Waals surface area (Å²) in [5.41, 5.74) is 1.31. The minimum Gasteiger partial charge on any atom is -0.316 e. The summed E-state index contributed by atoms with van der Waals surface area (Å²) >= 11 is 5.34. The summed E-state index contributed by atoms with van der Waals surface area (Å²) in [6.45, 7) is 0.917. The molecule has 1 nitrogen and oxygen atoms in total. The summed E-state index contributed by atoms with van der Waals surface area (Å²) in [6.07, 6.45) is 0. The summed E-state index contributed by atoms with van der Waals surface area (Å²) < 4.78 is 1.14. The first kappa shape index (κ1) is 12.7. The van der Waals surface area contributed by atoms with Crippen LogP contribution in [0.4, 0.5) is 0 Å². The zero-order valence-electron chi connectivity index (χ0n) is 9.61. The summed E-state index contributed by atoms with van der Waals surface area (Å²) in [7, 11) is 1.96. The Balaban J connectivity index is 2.11. The van der Waals surface area contributed by atoms with Gasteiger partial charge in [-0.2, -0.15) is 0 Å². The number of hydrogen-bond donors (Lipinski definition) is 1. The number of halogens is 1. The molecule has 0 aromatic heterocycles. The van der Waals surface area contributed by atoms with E-state index in [-0.39, 0.29) is 0 Å². The molecular weight excluding hydrogens is 294 g/mol. The van der Waals surface area contributed by atoms with E-state index in [1.807, 2.05) is 13.1 Å². The van der Waals surface area contributed by atoms with Crippen molar-refractivity contribution in [2.45, 2.75) is 16.3 Å². The Labute approximate surface area is 115 Å². The Morgan fingerprint density at radius 3 is 2.41 bits per heavy atom. The first-order valence-electron chi connectivity index (χ1n) is 5.45. The fraction of sp³-hybridized carbons (Fsp3) is 0.143. The topological polar surface area (TPSA) is 12.0 Å². The lowest BCUT2D eigenvalue weighted by Gasteiger charge is -2.05. The molecule has 3 heteroatoms. The maximum atomic E-state index is 3.56. The third kappa shape index (κ3) is 3.60. The van der Waals surface area contributed by atoms with Crippen molar-refractivity contribution in [1.82, 2.24) is 5.32 Å². The first-order valence-corrected chi connectivity index (χ1v) is 7.06. The molecular formula is C14H14BrNS. The summed E-state index contributed by atoms with van der Waals surface area (Å²) in [4.78, 5) is 2.51. The zero-order valence-corrected chi connectivity index (χ0v) is 12.0. The van der Waals surface area contributed by atoms with E-state index in [2.05, 4.69) is 63.7 Å². The zero-order chi connectivity index (χ0) is 12.1. The molecule has 0 unspecified atom stereocenters. The quantitative estimate of drug-likeness (QED) is 0.903. The lowest BCUT2D eigenvalue weighted by molar-refractivity contribution is 0.817. The molecule has 2 aromatic rings. The predicted molar refractivity (Wildman–Crippen MR) is 77.5 cm³/mol. The molecule has 1 N–H and O–H groups in total. The Morgan fingerprint density at radius 1 is 1.06 bits per heavy atom. The van der Waals surface area contributed by atoms with Crippen molar-refractivity contribution >= 4 is 27.7 Å². The molecule has 88 valence electrons. The van der Waals surface area contributed by atoms with Crippen LogP contribution in [0.5, 0.6) is 0 Å². The summed E-state index contributed by atoms with van der Waals surface area (Å²) in [5.74, 6) is 0. The van der Waals surface area contributed by atoms with Gasteiger partial charge in [0.1, 0.15) is 0 Å². The normalized spacial score (nSPS) is 10.5. The van der Waals surface area contributed by atoms with Crippen molar-refractivity contribution in [3.05, 3.63) is 58.6 Å². The molecule has 17 heavy (non-hydrogen) atoms. The van der Waals surface area contributed by atoms with Gasteiger partial charge < -0.3 is 5.32 Å². The highest BCUT2D eigenvalue weighted by Gasteiger charge is 2.01. The lowest BCUT2D eigenvalue weighted by atomic mass is 10.2. The monoisotopic (exact) mass is 307 g/mol. The Hall–Kier alpha value is -0.770. The van der Waals surface area contributed by atoms with Crippen molar-refractivity contribution in [2.75, 3.05) is 7.05 Å². The Kier molecular flexibility index (Phi) is 4.66. The van der Waals surface area contributed by atoms with Gasteiger partial charge in [0.2, 0.25) is 0 Å². The second kappa shape index (κ2) is 6.24. The maximum absolute atomic E-state index is 3.56. The van der Waals surface area contributed by atoms with E-state index in [4.69, 9.17) is 0 Å². The molecule has 0 saturated heterocycles. The van der Waals surface area contributed by atoms with Crippen LogP contribution >= 0.6 is 27.7 Å². The van der Waals surface area contributed by atoms with E-state index in [9.17, 15) is 0 Å². The van der Waals surface area contributed by atoms with Crippen molar-refractivity contribution in [3.63, 3.8) is 0 Å². The SMILES string of the molecule is CNCc1ccc(Sc2ccccc2Br)cc1. The van der Waals surface area contributed by atoms with Crippen molar-refractivity contribution in [3.8, 4) is 0 Å². The molecule has 0 saturated carbocycles. The number of rotatable bonds is 4. The largest absolute Gasteiger partial charge is 0.316 e. The average Bonchev–Trinajstić information content (AvgIpc) is 2.35. The molecule has 0 aliphatic heterocycles. The summed E-state index contributed by atoms with van der Waals surface area (Å²) in [5, 5.41) is 3.15. The van der Waals surface area contributed by atoms with Crippen LogP contribution in [-0.4, -0.2) is 7.05 Å². The highest BCUT2D eigenvalue weighted by atomic mass is 79.9. The van der Waals surface area contributed by atoms with Gasteiger partial charge in [0.05, 0.1) is 0 Å². The van der Waals surface area contributed by atoms with Gasteiger partial charge in [-0.05, 0) is 52.8 Å². The lowest BCUT2D eigenvalue weighted by Crippen LogP contribution is -2.04. The Morgan fingerprint density at radius 2 is 1.76 bits per heavy atom. The number of nitrogens with one attached hydrogen (secondary N) is 1. The van der Waals surface area contributed by atoms with E-state index in [0.717, 1.165) is 11.0 Å². The summed E-state index contributed by atoms with van der Waals surface area (Å²) in [6, 6.07) is 16.9. The van der Waals surface area contributed by atoms with Gasteiger partial charge in [-0.25, -0.2) is 0 Å². The molecule has 0 radical (unpaired) electrons. The van der Waals surface area contributed by atoms with Gasteiger partial charge in [-0.3, -0.25) is 0 Å². The standard InChI is InChI=1S/C14H14BrNS/c1-16-10-11-6-8-12(9-7-11)17-14-5-3-2-4-13(14)15/h2-9,16H,10H2,1H3. The molecule has 0 heterocycles. The van der Waals surface area contributed by atoms with E-state index >= 15 is 0 Å². The average molecular weight is 308 g/mol. The molecule has 2 aromatic carbocycles. The fourth-order valence-electron chi connectivity index (χ4n) is 1.53. The van der Waals surface area contributed by atoms with E-state index in [0.29, 0.717) is 0 Å². The molecule has 0 aliphatic rings. The minimum absolute atomic E-state index is 0.917. The van der Waals surface area contributed by atoms with E-state index in [1.165, 1.54) is 15.4 Å². The molecule has 0 fully saturated rings. The third-order valence-electron chi connectivity index (χ3n) is 2.37. The number of benzene rings is 2. The second-order valence-corrected chi connectivity index (χ2v) is 5.68. The van der Waals surface area contributed by atoms with Crippen molar-refractivity contribution in [1.29, 1.82) is 0 Å². The molecule has 2 rings (SSSR count). The molecule has 0 atom stereocenters. The smallest absolute Gasteiger partial charge is 0.0314 e. The van der Waals surface area contributed by atoms with Gasteiger partial charge in [0.25, 0.3) is 0 Å².